The summed E-state index contributed by atoms with van der Waals surface area (Å²) in [7, 11) is 1.09. The van der Waals surface area contributed by atoms with Gasteiger partial charge < -0.3 is 0 Å². The van der Waals surface area contributed by atoms with Crippen molar-refractivity contribution in [1.82, 2.24) is 0 Å². The summed E-state index contributed by atoms with van der Waals surface area (Å²) in [5.74, 6) is 0.946. The molecule has 0 aliphatic heterocycles. The van der Waals surface area contributed by atoms with Crippen LogP contribution in [0.3, 0.4) is 0 Å². The molecule has 137 valence electrons. The Labute approximate surface area is 168 Å². The van der Waals surface area contributed by atoms with E-state index in [0.29, 0.717) is 0 Å². The van der Waals surface area contributed by atoms with E-state index in [-0.39, 0.29) is 30.2 Å². The number of allylic oxidation sites excluding steroid dienone is 4. The second kappa shape index (κ2) is 7.90. The Balaban J connectivity index is 0.00000264. The van der Waals surface area contributed by atoms with Crippen LogP contribution in [0.1, 0.15) is 39.7 Å². The first-order valence-electron chi connectivity index (χ1n) is 7.96. The van der Waals surface area contributed by atoms with Crippen molar-refractivity contribution < 1.29 is 18.3 Å². The molecule has 24 heavy (non-hydrogen) atoms. The number of rotatable bonds is 3. The molecule has 1 aliphatic carbocycles. The fourth-order valence-electron chi connectivity index (χ4n) is 3.16. The smallest absolute Gasteiger partial charge is 0.147 e. The summed E-state index contributed by atoms with van der Waals surface area (Å²) >= 11 is 3.32. The minimum Gasteiger partial charge on any atom is -0.147 e. The van der Waals surface area contributed by atoms with Crippen LogP contribution < -0.4 is 3.32 Å². The van der Waals surface area contributed by atoms with Crippen LogP contribution in [0.5, 0.6) is 5.75 Å². The minimum atomic E-state index is -3.03. The summed E-state index contributed by atoms with van der Waals surface area (Å²) in [6, 6.07) is 6.21. The molecule has 0 spiro atoms. The summed E-state index contributed by atoms with van der Waals surface area (Å²) in [6.45, 7) is 8.84. The van der Waals surface area contributed by atoms with Gasteiger partial charge in [-0.3, -0.25) is 0 Å². The maximum absolute atomic E-state index is 6.73. The van der Waals surface area contributed by atoms with Crippen LogP contribution in [-0.4, -0.2) is 8.11 Å². The van der Waals surface area contributed by atoms with Crippen LogP contribution in [-0.2, 0) is 20.4 Å². The third-order valence-electron chi connectivity index (χ3n) is 4.41. The first-order valence-corrected chi connectivity index (χ1v) is 18.6. The van der Waals surface area contributed by atoms with E-state index in [1.807, 2.05) is 6.07 Å². The molecular formula is C18H30Cl3OSiTi. The van der Waals surface area contributed by atoms with Crippen molar-refractivity contribution >= 4 is 44.5 Å². The Kier molecular flexibility index (Phi) is 8.00. The van der Waals surface area contributed by atoms with Gasteiger partial charge in [-0.15, -0.1) is 24.8 Å². The molecule has 0 N–H and O–H groups in total. The van der Waals surface area contributed by atoms with E-state index in [2.05, 4.69) is 62.4 Å². The number of halogens is 3. The molecule has 0 saturated heterocycles. The van der Waals surface area contributed by atoms with E-state index in [1.54, 1.807) is 3.88 Å². The summed E-state index contributed by atoms with van der Waals surface area (Å²) in [5.41, 5.74) is 2.72. The third-order valence-corrected chi connectivity index (χ3v) is 13.6. The maximum atomic E-state index is 6.73. The van der Waals surface area contributed by atoms with Crippen molar-refractivity contribution in [3.05, 3.63) is 50.4 Å². The van der Waals surface area contributed by atoms with Crippen molar-refractivity contribution in [3.63, 3.8) is 0 Å². The zero-order chi connectivity index (χ0) is 16.8. The van der Waals surface area contributed by atoms with E-state index in [4.69, 9.17) is 14.9 Å². The number of hydrogen-bond acceptors (Lipinski definition) is 1. The Hall–Kier alpha value is 0.301. The van der Waals surface area contributed by atoms with Gasteiger partial charge in [0.1, 0.15) is 0 Å². The van der Waals surface area contributed by atoms with Crippen molar-refractivity contribution in [2.24, 2.45) is 0 Å². The molecule has 0 atom stereocenters. The zero-order valence-electron chi connectivity index (χ0n) is 15.7. The molecule has 0 fully saturated rings. The molecule has 6 heteroatoms. The summed E-state index contributed by atoms with van der Waals surface area (Å²) < 4.78 is 8.30. The average molecular weight is 445 g/mol. The van der Waals surface area contributed by atoms with Gasteiger partial charge in [0.05, 0.1) is 0 Å². The normalized spacial score (nSPS) is 16.2. The van der Waals surface area contributed by atoms with Crippen LogP contribution in [0.2, 0.25) is 15.5 Å². The molecule has 1 aromatic rings. The summed E-state index contributed by atoms with van der Waals surface area (Å²) in [6.07, 6.45) is 5.57. The second-order valence-electron chi connectivity index (χ2n) is 8.76. The van der Waals surface area contributed by atoms with E-state index in [1.165, 1.54) is 11.1 Å². The van der Waals surface area contributed by atoms with Crippen molar-refractivity contribution in [1.29, 1.82) is 0 Å². The topological polar surface area (TPSA) is 9.23 Å². The molecule has 0 radical (unpaired) electrons. The van der Waals surface area contributed by atoms with E-state index in [9.17, 15) is 0 Å². The van der Waals surface area contributed by atoms with Crippen LogP contribution >= 0.6 is 36.4 Å². The van der Waals surface area contributed by atoms with Gasteiger partial charge in [0.25, 0.3) is 0 Å². The first-order chi connectivity index (χ1) is 9.87. The Bertz CT molecular complexity index is 667. The largest absolute Gasteiger partial charge is 0.147 e. The average Bonchev–Trinajstić information content (AvgIpc) is 2.73. The van der Waals surface area contributed by atoms with Crippen molar-refractivity contribution in [2.75, 3.05) is 0 Å². The standard InChI is InChI=1S/C10H13ClO.C6H7.2CH3.2ClH.H3Si.Ti/c1-10(2,3)7-4-8(11)6-9(12)5-7;1-6-4-2-3-5-6;;;;;;/h4-6,12H,1-3H3;2,4H,3H2,1H3;2*1H3;2*1H;1H3;/q;;;;;;;+1/p-1. The Morgan fingerprint density at radius 3 is 2.17 bits per heavy atom. The van der Waals surface area contributed by atoms with Crippen molar-refractivity contribution in [3.8, 4) is 5.75 Å². The molecule has 0 saturated carbocycles. The van der Waals surface area contributed by atoms with Gasteiger partial charge in [0, 0.05) is 0 Å². The van der Waals surface area contributed by atoms with Gasteiger partial charge in [0.2, 0.25) is 0 Å². The van der Waals surface area contributed by atoms with Crippen LogP contribution in [0, 0.1) is 0 Å². The molecule has 2 rings (SSSR count). The van der Waals surface area contributed by atoms with E-state index < -0.39 is 14.9 Å². The van der Waals surface area contributed by atoms with E-state index in [0.717, 1.165) is 25.3 Å². The SMILES string of the molecule is CC1=[C]([Ti]([CH3])([CH3])([SiH3])[O]c2cc(Cl)cc(C(C)(C)C)c2)CC=C1.Cl.Cl. The molecule has 0 heterocycles. The van der Waals surface area contributed by atoms with Gasteiger partial charge in [-0.2, -0.15) is 0 Å². The first kappa shape index (κ1) is 24.3. The second-order valence-corrected chi connectivity index (χ2v) is 31.7. The number of hydrogen-bond donors (Lipinski definition) is 0. The monoisotopic (exact) mass is 443 g/mol. The van der Waals surface area contributed by atoms with Gasteiger partial charge in [-0.05, 0) is 0 Å². The molecule has 1 aromatic carbocycles. The molecule has 0 amide bonds. The fraction of sp³-hybridized carbons (Fsp3) is 0.444. The van der Waals surface area contributed by atoms with Crippen LogP contribution in [0.4, 0.5) is 0 Å². The molecule has 0 bridgehead atoms. The predicted octanol–water partition coefficient (Wildman–Crippen LogP) is 6.08. The molecule has 0 unspecified atom stereocenters. The third kappa shape index (κ3) is 5.65. The Morgan fingerprint density at radius 1 is 1.12 bits per heavy atom. The Morgan fingerprint density at radius 2 is 1.71 bits per heavy atom. The van der Waals surface area contributed by atoms with E-state index >= 15 is 0 Å². The molecule has 0 aromatic heterocycles. The van der Waals surface area contributed by atoms with Gasteiger partial charge in [-0.1, -0.05) is 0 Å². The molecule has 1 aliphatic rings. The predicted molar refractivity (Wildman–Crippen MR) is 113 cm³/mol. The van der Waals surface area contributed by atoms with Crippen LogP contribution in [0.15, 0.2) is 39.8 Å². The summed E-state index contributed by atoms with van der Waals surface area (Å²) in [5, 5.41) is 5.56. The summed E-state index contributed by atoms with van der Waals surface area (Å²) in [4.78, 5) is 0. The van der Waals surface area contributed by atoms with Crippen LogP contribution in [0.25, 0.3) is 0 Å². The molecule has 1 nitrogen and oxygen atoms in total. The fourth-order valence-corrected chi connectivity index (χ4v) is 12.0. The van der Waals surface area contributed by atoms with Gasteiger partial charge in [0.15, 0.2) is 0 Å². The maximum Gasteiger partial charge on any atom is -0.147 e. The zero-order valence-corrected chi connectivity index (χ0v) is 21.6. The number of benzene rings is 1. The van der Waals surface area contributed by atoms with Gasteiger partial charge >= 0.3 is 144 Å². The quantitative estimate of drug-likeness (QED) is 0.514. The molecular weight excluding hydrogens is 415 g/mol. The minimum absolute atomic E-state index is 0. The van der Waals surface area contributed by atoms with Crippen molar-refractivity contribution in [2.45, 2.75) is 50.0 Å². The van der Waals surface area contributed by atoms with Gasteiger partial charge in [-0.25, -0.2) is 0 Å².